The van der Waals surface area contributed by atoms with E-state index >= 15 is 0 Å². The highest BCUT2D eigenvalue weighted by Gasteiger charge is 2.33. The van der Waals surface area contributed by atoms with Crippen molar-refractivity contribution in [2.24, 2.45) is 0 Å². The molecule has 3 aromatic rings. The third kappa shape index (κ3) is 4.89. The normalized spacial score (nSPS) is 20.2. The summed E-state index contributed by atoms with van der Waals surface area (Å²) in [5.41, 5.74) is 2.03. The number of halogens is 1. The molecule has 12 heteroatoms. The van der Waals surface area contributed by atoms with E-state index < -0.39 is 10.0 Å². The minimum atomic E-state index is -3.58. The maximum Gasteiger partial charge on any atom is 0.256 e. The minimum absolute atomic E-state index is 0.221. The third-order valence-corrected chi connectivity index (χ3v) is 8.46. The first-order chi connectivity index (χ1) is 18.3. The Balaban J connectivity index is 1.39. The van der Waals surface area contributed by atoms with Crippen molar-refractivity contribution in [2.75, 3.05) is 53.5 Å². The van der Waals surface area contributed by atoms with Gasteiger partial charge in [-0.2, -0.15) is 9.61 Å². The van der Waals surface area contributed by atoms with Crippen LogP contribution in [0.3, 0.4) is 0 Å². The molecule has 38 heavy (non-hydrogen) atoms. The molecule has 5 heterocycles. The molecular weight excluding hydrogens is 526 g/mol. The number of rotatable bonds is 6. The monoisotopic (exact) mass is 557 g/mol. The lowest BCUT2D eigenvalue weighted by molar-refractivity contribution is 0.0607. The molecule has 3 aliphatic rings. The molecule has 0 saturated carbocycles. The second-order valence-electron chi connectivity index (χ2n) is 10.4. The van der Waals surface area contributed by atoms with Crippen LogP contribution in [0.2, 0.25) is 5.02 Å². The van der Waals surface area contributed by atoms with Crippen molar-refractivity contribution in [3.63, 3.8) is 0 Å². The number of sulfonamides is 1. The number of aromatic nitrogens is 3. The molecule has 10 nitrogen and oxygen atoms in total. The van der Waals surface area contributed by atoms with Crippen LogP contribution in [-0.2, 0) is 10.0 Å². The van der Waals surface area contributed by atoms with Crippen molar-refractivity contribution in [3.8, 4) is 0 Å². The number of benzene rings is 1. The second-order valence-corrected chi connectivity index (χ2v) is 12.6. The number of hydrogen-bond acceptors (Lipinski definition) is 7. The lowest BCUT2D eigenvalue weighted by atomic mass is 9.98. The summed E-state index contributed by atoms with van der Waals surface area (Å²) in [4.78, 5) is 25.3. The van der Waals surface area contributed by atoms with Gasteiger partial charge in [-0.3, -0.25) is 9.52 Å². The smallest absolute Gasteiger partial charge is 0.256 e. The molecule has 0 radical (unpaired) electrons. The number of anilines is 3. The third-order valence-electron chi connectivity index (χ3n) is 7.64. The summed E-state index contributed by atoms with van der Waals surface area (Å²) >= 11 is 6.23. The molecule has 1 N–H and O–H groups in total. The molecular formula is C26H32ClN7O3S. The van der Waals surface area contributed by atoms with Crippen LogP contribution in [0.15, 0.2) is 30.3 Å². The van der Waals surface area contributed by atoms with Crippen LogP contribution in [0.5, 0.6) is 0 Å². The van der Waals surface area contributed by atoms with Crippen molar-refractivity contribution >= 4 is 50.5 Å². The predicted octanol–water partition coefficient (Wildman–Crippen LogP) is 3.93. The molecule has 202 valence electrons. The highest BCUT2D eigenvalue weighted by molar-refractivity contribution is 7.92. The largest absolute Gasteiger partial charge is 0.356 e. The Morgan fingerprint density at radius 1 is 0.974 bits per heavy atom. The van der Waals surface area contributed by atoms with E-state index in [9.17, 15) is 13.2 Å². The summed E-state index contributed by atoms with van der Waals surface area (Å²) in [7, 11) is -3.58. The van der Waals surface area contributed by atoms with Crippen molar-refractivity contribution in [1.29, 1.82) is 0 Å². The van der Waals surface area contributed by atoms with Gasteiger partial charge in [-0.25, -0.2) is 13.4 Å². The summed E-state index contributed by atoms with van der Waals surface area (Å²) in [6, 6.07) is 8.54. The van der Waals surface area contributed by atoms with E-state index in [1.165, 1.54) is 18.6 Å². The SMILES string of the molecule is CS(=O)(=O)Nc1ccc(Cl)cc1C(=O)N1CCCCC1c1cc2nc(N3CCC3)cc(N3CCCC3)n2n1. The van der Waals surface area contributed by atoms with E-state index in [-0.39, 0.29) is 23.2 Å². The van der Waals surface area contributed by atoms with Gasteiger partial charge >= 0.3 is 0 Å². The minimum Gasteiger partial charge on any atom is -0.356 e. The van der Waals surface area contributed by atoms with Gasteiger partial charge in [0.1, 0.15) is 11.6 Å². The van der Waals surface area contributed by atoms with Crippen molar-refractivity contribution in [2.45, 2.75) is 44.6 Å². The van der Waals surface area contributed by atoms with Crippen LogP contribution in [0, 0.1) is 0 Å². The zero-order chi connectivity index (χ0) is 26.4. The summed E-state index contributed by atoms with van der Waals surface area (Å²) in [5.74, 6) is 1.75. The Bertz CT molecular complexity index is 1480. The average Bonchev–Trinajstić information content (AvgIpc) is 3.53. The van der Waals surface area contributed by atoms with E-state index in [0.717, 1.165) is 87.5 Å². The molecule has 0 spiro atoms. The van der Waals surface area contributed by atoms with Gasteiger partial charge in [0.25, 0.3) is 5.91 Å². The number of carbonyl (C=O) groups excluding carboxylic acids is 1. The Labute approximate surface area is 227 Å². The van der Waals surface area contributed by atoms with Crippen LogP contribution >= 0.6 is 11.6 Å². The number of amides is 1. The van der Waals surface area contributed by atoms with Gasteiger partial charge in [-0.15, -0.1) is 0 Å². The fraction of sp³-hybridized carbons (Fsp3) is 0.500. The highest BCUT2D eigenvalue weighted by Crippen LogP contribution is 2.35. The number of piperidine rings is 1. The van der Waals surface area contributed by atoms with Crippen molar-refractivity contribution in [3.05, 3.63) is 46.6 Å². The van der Waals surface area contributed by atoms with Crippen LogP contribution in [0.1, 0.15) is 60.6 Å². The lowest BCUT2D eigenvalue weighted by Crippen LogP contribution is -2.39. The highest BCUT2D eigenvalue weighted by atomic mass is 35.5. The topological polar surface area (TPSA) is 103 Å². The maximum atomic E-state index is 13.9. The van der Waals surface area contributed by atoms with E-state index in [1.807, 2.05) is 10.6 Å². The molecule has 0 bridgehead atoms. The molecule has 3 saturated heterocycles. The Morgan fingerprint density at radius 3 is 2.42 bits per heavy atom. The van der Waals surface area contributed by atoms with Crippen LogP contribution in [0.25, 0.3) is 5.65 Å². The number of nitrogens with zero attached hydrogens (tertiary/aromatic N) is 6. The van der Waals surface area contributed by atoms with Gasteiger partial charge in [0.2, 0.25) is 10.0 Å². The zero-order valence-electron chi connectivity index (χ0n) is 21.4. The molecule has 0 aliphatic carbocycles. The average molecular weight is 558 g/mol. The molecule has 3 fully saturated rings. The van der Waals surface area contributed by atoms with Gasteiger partial charge in [0.15, 0.2) is 5.65 Å². The van der Waals surface area contributed by atoms with Gasteiger partial charge in [-0.1, -0.05) is 11.6 Å². The summed E-state index contributed by atoms with van der Waals surface area (Å²) in [6.45, 7) is 4.56. The number of carbonyl (C=O) groups is 1. The summed E-state index contributed by atoms with van der Waals surface area (Å²) in [6.07, 6.45) is 7.16. The number of likely N-dealkylation sites (tertiary alicyclic amines) is 1. The molecule has 6 rings (SSSR count). The molecule has 1 amide bonds. The van der Waals surface area contributed by atoms with Gasteiger partial charge < -0.3 is 14.7 Å². The van der Waals surface area contributed by atoms with Crippen molar-refractivity contribution in [1.82, 2.24) is 19.5 Å². The lowest BCUT2D eigenvalue weighted by Gasteiger charge is -2.35. The van der Waals surface area contributed by atoms with E-state index in [1.54, 1.807) is 11.0 Å². The second kappa shape index (κ2) is 9.92. The molecule has 1 unspecified atom stereocenters. The standard InChI is InChI=1S/C26H32ClN7O3S/c1-38(36,37)30-20-9-8-18(27)15-19(20)26(35)33-14-3-2-7-22(33)21-16-24-28-23(31-12-6-13-31)17-25(34(24)29-21)32-10-4-5-11-32/h8-9,15-17,22,30H,2-7,10-14H2,1H3. The summed E-state index contributed by atoms with van der Waals surface area (Å²) in [5, 5.41) is 5.38. The number of nitrogens with one attached hydrogen (secondary N) is 1. The van der Waals surface area contributed by atoms with Gasteiger partial charge in [-0.05, 0) is 56.7 Å². The fourth-order valence-corrected chi connectivity index (χ4v) is 6.37. The van der Waals surface area contributed by atoms with Crippen LogP contribution < -0.4 is 14.5 Å². The first kappa shape index (κ1) is 25.2. The molecule has 1 atom stereocenters. The van der Waals surface area contributed by atoms with Crippen LogP contribution in [0.4, 0.5) is 17.3 Å². The van der Waals surface area contributed by atoms with Crippen LogP contribution in [-0.4, -0.2) is 72.8 Å². The van der Waals surface area contributed by atoms with E-state index in [2.05, 4.69) is 20.6 Å². The first-order valence-corrected chi connectivity index (χ1v) is 15.5. The van der Waals surface area contributed by atoms with E-state index in [4.69, 9.17) is 21.7 Å². The quantitative estimate of drug-likeness (QED) is 0.490. The van der Waals surface area contributed by atoms with Gasteiger partial charge in [0, 0.05) is 49.9 Å². The number of hydrogen-bond donors (Lipinski definition) is 1. The fourth-order valence-electron chi connectivity index (χ4n) is 5.62. The predicted molar refractivity (Wildman–Crippen MR) is 149 cm³/mol. The Hall–Kier alpha value is -3.05. The number of fused-ring (bicyclic) bond motifs is 1. The zero-order valence-corrected chi connectivity index (χ0v) is 23.0. The molecule has 2 aromatic heterocycles. The Morgan fingerprint density at radius 2 is 1.71 bits per heavy atom. The van der Waals surface area contributed by atoms with Crippen molar-refractivity contribution < 1.29 is 13.2 Å². The van der Waals surface area contributed by atoms with Gasteiger partial charge in [0.05, 0.1) is 29.2 Å². The molecule has 1 aromatic carbocycles. The first-order valence-electron chi connectivity index (χ1n) is 13.3. The maximum absolute atomic E-state index is 13.9. The summed E-state index contributed by atoms with van der Waals surface area (Å²) < 4.78 is 28.3. The molecule has 3 aliphatic heterocycles. The Kier molecular flexibility index (Phi) is 6.59. The van der Waals surface area contributed by atoms with E-state index in [0.29, 0.717) is 11.6 Å².